The Balaban J connectivity index is 1.73. The molecule has 0 atom stereocenters. The fourth-order valence-corrected chi connectivity index (χ4v) is 5.06. The van der Waals surface area contributed by atoms with Gasteiger partial charge in [-0.25, -0.2) is 0 Å². The van der Waals surface area contributed by atoms with E-state index in [1.807, 2.05) is 0 Å². The second kappa shape index (κ2) is 17.6. The first-order valence-electron chi connectivity index (χ1n) is 15.1. The van der Waals surface area contributed by atoms with Crippen molar-refractivity contribution in [2.45, 2.75) is 38.5 Å². The van der Waals surface area contributed by atoms with E-state index in [9.17, 15) is 75.1 Å². The molecule has 22 heteroatoms. The van der Waals surface area contributed by atoms with Crippen LogP contribution in [0.25, 0.3) is 0 Å². The molecule has 0 spiro atoms. The quantitative estimate of drug-likeness (QED) is 0.0719. The van der Waals surface area contributed by atoms with Crippen molar-refractivity contribution in [2.24, 2.45) is 0 Å². The first-order chi connectivity index (χ1) is 24.5. The lowest BCUT2D eigenvalue weighted by molar-refractivity contribution is -0.394. The summed E-state index contributed by atoms with van der Waals surface area (Å²) >= 11 is 0. The molecule has 0 heterocycles. The van der Waals surface area contributed by atoms with Crippen molar-refractivity contribution < 1.29 is 43.9 Å². The van der Waals surface area contributed by atoms with Gasteiger partial charge in [0.1, 0.15) is 0 Å². The molecule has 0 fully saturated rings. The van der Waals surface area contributed by atoms with Crippen molar-refractivity contribution in [3.63, 3.8) is 0 Å². The number of nitrogens with zero attached hydrogens (tertiary/aromatic N) is 7. The zero-order valence-corrected chi connectivity index (χ0v) is 26.8. The minimum atomic E-state index is -0.883. The number of benzene rings is 3. The summed E-state index contributed by atoms with van der Waals surface area (Å²) in [6.45, 7) is 0.404. The number of hydrogen-bond donors (Lipinski definition) is 0. The maximum absolute atomic E-state index is 12.9. The molecule has 0 bridgehead atoms. The van der Waals surface area contributed by atoms with Crippen LogP contribution in [-0.2, 0) is 0 Å². The van der Waals surface area contributed by atoms with Crippen molar-refractivity contribution in [3.8, 4) is 0 Å². The van der Waals surface area contributed by atoms with E-state index in [0.29, 0.717) is 18.2 Å². The number of nitro groups is 6. The molecule has 0 aromatic heterocycles. The number of nitro benzene ring substituents is 6. The van der Waals surface area contributed by atoms with Crippen LogP contribution in [0.2, 0.25) is 0 Å². The average Bonchev–Trinajstić information content (AvgIpc) is 3.10. The van der Waals surface area contributed by atoms with Crippen LogP contribution < -0.4 is 0 Å². The minimum absolute atomic E-state index is 0.103. The van der Waals surface area contributed by atoms with Crippen molar-refractivity contribution in [2.75, 3.05) is 19.6 Å². The normalized spacial score (nSPS) is 10.8. The molecule has 272 valence electrons. The number of Topliss-reactive ketones (excluding diaryl/α,β-unsaturated/α-hetero) is 3. The third kappa shape index (κ3) is 11.0. The highest BCUT2D eigenvalue weighted by molar-refractivity contribution is 5.98. The topological polar surface area (TPSA) is 313 Å². The highest BCUT2D eigenvalue weighted by Crippen LogP contribution is 2.26. The fraction of sp³-hybridized carbons (Fsp3) is 0.300. The van der Waals surface area contributed by atoms with Crippen LogP contribution in [0.3, 0.4) is 0 Å². The van der Waals surface area contributed by atoms with E-state index in [1.165, 1.54) is 0 Å². The Hall–Kier alpha value is -6.97. The molecule has 0 amide bonds. The number of carbonyl (C=O) groups is 3. The van der Waals surface area contributed by atoms with Crippen molar-refractivity contribution in [1.82, 2.24) is 4.90 Å². The van der Waals surface area contributed by atoms with Crippen LogP contribution in [0, 0.1) is 60.7 Å². The second-order valence-electron chi connectivity index (χ2n) is 11.2. The van der Waals surface area contributed by atoms with Crippen LogP contribution in [0.5, 0.6) is 0 Å². The number of ketones is 3. The largest absolute Gasteiger partial charge is 0.303 e. The van der Waals surface area contributed by atoms with Gasteiger partial charge in [0.05, 0.1) is 47.7 Å². The standard InChI is InChI=1S/C30H27N7O15/c38-28(19-10-22(32(41)42)16-23(11-19)33(43)44)4-1-7-31(8-2-5-29(39)20-12-24(34(45)46)17-25(13-20)35(47)48)9-3-6-30(40)21-14-26(36(49)50)18-27(15-21)37(51)52/h10-18H,1-9H2. The molecule has 0 saturated carbocycles. The van der Waals surface area contributed by atoms with Gasteiger partial charge in [0.15, 0.2) is 17.3 Å². The zero-order valence-electron chi connectivity index (χ0n) is 26.8. The maximum atomic E-state index is 12.9. The summed E-state index contributed by atoms with van der Waals surface area (Å²) in [5.74, 6) is -1.93. The Morgan fingerprint density at radius 1 is 0.385 bits per heavy atom. The second-order valence-corrected chi connectivity index (χ2v) is 11.2. The third-order valence-corrected chi connectivity index (χ3v) is 7.57. The van der Waals surface area contributed by atoms with Crippen LogP contribution in [0.1, 0.15) is 69.6 Å². The summed E-state index contributed by atoms with van der Waals surface area (Å²) in [6.07, 6.45) is -0.355. The molecule has 0 aliphatic rings. The van der Waals surface area contributed by atoms with E-state index < -0.39 is 81.0 Å². The molecule has 3 aromatic carbocycles. The van der Waals surface area contributed by atoms with Gasteiger partial charge in [-0.3, -0.25) is 75.1 Å². The summed E-state index contributed by atoms with van der Waals surface area (Å²) in [5.41, 5.74) is -4.72. The molecule has 0 saturated heterocycles. The van der Waals surface area contributed by atoms with E-state index >= 15 is 0 Å². The first-order valence-corrected chi connectivity index (χ1v) is 15.1. The summed E-state index contributed by atoms with van der Waals surface area (Å²) in [6, 6.07) is 7.54. The Bertz CT molecular complexity index is 1660. The molecule has 0 unspecified atom stereocenters. The molecule has 0 N–H and O–H groups in total. The lowest BCUT2D eigenvalue weighted by Crippen LogP contribution is -2.28. The number of rotatable bonds is 21. The van der Waals surface area contributed by atoms with Crippen LogP contribution in [0.4, 0.5) is 34.1 Å². The van der Waals surface area contributed by atoms with Gasteiger partial charge in [0, 0.05) is 72.4 Å². The molecule has 3 rings (SSSR count). The maximum Gasteiger partial charge on any atom is 0.277 e. The summed E-state index contributed by atoms with van der Waals surface area (Å²) in [4.78, 5) is 102. The molecular formula is C30H27N7O15. The van der Waals surface area contributed by atoms with Gasteiger partial charge >= 0.3 is 0 Å². The van der Waals surface area contributed by atoms with Gasteiger partial charge in [-0.1, -0.05) is 0 Å². The number of hydrogen-bond acceptors (Lipinski definition) is 16. The third-order valence-electron chi connectivity index (χ3n) is 7.57. The van der Waals surface area contributed by atoms with Crippen molar-refractivity contribution in [3.05, 3.63) is 132 Å². The predicted octanol–water partition coefficient (Wildman–Crippen LogP) is 5.73. The van der Waals surface area contributed by atoms with Gasteiger partial charge in [-0.2, -0.15) is 0 Å². The first kappa shape index (κ1) is 39.5. The molecular weight excluding hydrogens is 698 g/mol. The van der Waals surface area contributed by atoms with Crippen LogP contribution >= 0.6 is 0 Å². The average molecular weight is 726 g/mol. The Labute approximate surface area is 290 Å². The lowest BCUT2D eigenvalue weighted by Gasteiger charge is -2.22. The van der Waals surface area contributed by atoms with Crippen molar-refractivity contribution in [1.29, 1.82) is 0 Å². The molecule has 0 aliphatic carbocycles. The van der Waals surface area contributed by atoms with E-state index in [1.54, 1.807) is 4.90 Å². The Morgan fingerprint density at radius 3 is 0.750 bits per heavy atom. The van der Waals surface area contributed by atoms with E-state index in [0.717, 1.165) is 36.4 Å². The summed E-state index contributed by atoms with van der Waals surface area (Å²) in [7, 11) is 0. The van der Waals surface area contributed by atoms with E-state index in [-0.39, 0.29) is 74.8 Å². The van der Waals surface area contributed by atoms with Gasteiger partial charge < -0.3 is 4.90 Å². The zero-order chi connectivity index (χ0) is 38.7. The van der Waals surface area contributed by atoms with Crippen LogP contribution in [-0.4, -0.2) is 71.4 Å². The Kier molecular flexibility index (Phi) is 13.4. The molecule has 22 nitrogen and oxygen atoms in total. The van der Waals surface area contributed by atoms with E-state index in [4.69, 9.17) is 0 Å². The highest BCUT2D eigenvalue weighted by Gasteiger charge is 2.23. The highest BCUT2D eigenvalue weighted by atomic mass is 16.6. The molecule has 52 heavy (non-hydrogen) atoms. The van der Waals surface area contributed by atoms with Crippen LogP contribution in [0.15, 0.2) is 54.6 Å². The SMILES string of the molecule is O=C(CCCN(CCCC(=O)c1cc([N+](=O)[O-])cc([N+](=O)[O-])c1)CCCC(=O)c1cc([N+](=O)[O-])cc([N+](=O)[O-])c1)c1cc([N+](=O)[O-])cc([N+](=O)[O-])c1. The molecule has 3 aromatic rings. The van der Waals surface area contributed by atoms with Gasteiger partial charge in [-0.15, -0.1) is 0 Å². The number of non-ortho nitro benzene ring substituents is 6. The molecule has 0 radical (unpaired) electrons. The van der Waals surface area contributed by atoms with Gasteiger partial charge in [0.2, 0.25) is 0 Å². The number of carbonyl (C=O) groups excluding carboxylic acids is 3. The summed E-state index contributed by atoms with van der Waals surface area (Å²) < 4.78 is 0. The summed E-state index contributed by atoms with van der Waals surface area (Å²) in [5, 5.41) is 67.3. The molecule has 0 aliphatic heterocycles. The minimum Gasteiger partial charge on any atom is -0.303 e. The van der Waals surface area contributed by atoms with Gasteiger partial charge in [-0.05, 0) is 38.9 Å². The monoisotopic (exact) mass is 725 g/mol. The van der Waals surface area contributed by atoms with Crippen molar-refractivity contribution >= 4 is 51.5 Å². The lowest BCUT2D eigenvalue weighted by atomic mass is 10.0. The van der Waals surface area contributed by atoms with E-state index in [2.05, 4.69) is 0 Å². The van der Waals surface area contributed by atoms with Gasteiger partial charge in [0.25, 0.3) is 34.1 Å². The fourth-order valence-electron chi connectivity index (χ4n) is 5.06. The Morgan fingerprint density at radius 2 is 0.577 bits per heavy atom. The smallest absolute Gasteiger partial charge is 0.277 e. The predicted molar refractivity (Wildman–Crippen MR) is 176 cm³/mol.